The van der Waals surface area contributed by atoms with E-state index >= 15 is 0 Å². The van der Waals surface area contributed by atoms with Crippen LogP contribution in [0.2, 0.25) is 5.02 Å². The molecule has 0 heterocycles. The highest BCUT2D eigenvalue weighted by atomic mass is 35.5. The summed E-state index contributed by atoms with van der Waals surface area (Å²) in [7, 11) is 0. The van der Waals surface area contributed by atoms with E-state index in [1.54, 1.807) is 17.8 Å². The summed E-state index contributed by atoms with van der Waals surface area (Å²) < 4.78 is 0. The van der Waals surface area contributed by atoms with Crippen LogP contribution in [0.25, 0.3) is 0 Å². The largest absolute Gasteiger partial charge is 0.328 e. The van der Waals surface area contributed by atoms with E-state index in [2.05, 4.69) is 5.32 Å². The Labute approximate surface area is 117 Å². The number of nitrogens with one attached hydrogen (secondary N) is 1. The normalized spacial score (nSPS) is 12.2. The molecular formula is C13H19ClN2OS. The van der Waals surface area contributed by atoms with Gasteiger partial charge < -0.3 is 11.1 Å². The molecule has 1 aromatic carbocycles. The molecule has 0 fully saturated rings. The van der Waals surface area contributed by atoms with Crippen LogP contribution in [0.5, 0.6) is 0 Å². The third-order valence-electron chi connectivity index (χ3n) is 2.41. The highest BCUT2D eigenvalue weighted by Crippen LogP contribution is 2.19. The van der Waals surface area contributed by atoms with Crippen LogP contribution in [0.15, 0.2) is 18.2 Å². The van der Waals surface area contributed by atoms with Crippen molar-refractivity contribution in [3.05, 3.63) is 28.8 Å². The first-order valence-corrected chi connectivity index (χ1v) is 7.41. The summed E-state index contributed by atoms with van der Waals surface area (Å²) in [6.07, 6.45) is 0.928. The fourth-order valence-electron chi connectivity index (χ4n) is 1.39. The Morgan fingerprint density at radius 2 is 2.28 bits per heavy atom. The fraction of sp³-hybridized carbons (Fsp3) is 0.462. The van der Waals surface area contributed by atoms with Gasteiger partial charge in [0.1, 0.15) is 0 Å². The molecule has 3 nitrogen and oxygen atoms in total. The van der Waals surface area contributed by atoms with Gasteiger partial charge in [0.2, 0.25) is 5.91 Å². The number of aryl methyl sites for hydroxylation is 1. The summed E-state index contributed by atoms with van der Waals surface area (Å²) in [6.45, 7) is 3.89. The van der Waals surface area contributed by atoms with Crippen molar-refractivity contribution in [2.24, 2.45) is 5.73 Å². The topological polar surface area (TPSA) is 55.1 Å². The van der Waals surface area contributed by atoms with Crippen molar-refractivity contribution in [1.29, 1.82) is 0 Å². The van der Waals surface area contributed by atoms with Gasteiger partial charge in [-0.25, -0.2) is 0 Å². The number of thioether (sulfide) groups is 1. The number of hydrogen-bond acceptors (Lipinski definition) is 3. The van der Waals surface area contributed by atoms with Crippen LogP contribution in [0.3, 0.4) is 0 Å². The minimum absolute atomic E-state index is 0.00935. The summed E-state index contributed by atoms with van der Waals surface area (Å²) in [5, 5.41) is 3.55. The predicted octanol–water partition coefficient (Wildman–Crippen LogP) is 3.06. The Morgan fingerprint density at radius 1 is 1.56 bits per heavy atom. The maximum absolute atomic E-state index is 11.7. The predicted molar refractivity (Wildman–Crippen MR) is 80.4 cm³/mol. The molecule has 1 atom stereocenters. The zero-order chi connectivity index (χ0) is 13.5. The summed E-state index contributed by atoms with van der Waals surface area (Å²) in [5.74, 6) is 1.37. The molecule has 100 valence electrons. The van der Waals surface area contributed by atoms with Crippen LogP contribution in [0, 0.1) is 6.92 Å². The van der Waals surface area contributed by atoms with Crippen molar-refractivity contribution in [2.45, 2.75) is 26.3 Å². The lowest BCUT2D eigenvalue weighted by molar-refractivity contribution is -0.113. The van der Waals surface area contributed by atoms with Crippen LogP contribution < -0.4 is 11.1 Å². The number of carbonyl (C=O) groups is 1. The minimum Gasteiger partial charge on any atom is -0.328 e. The summed E-state index contributed by atoms with van der Waals surface area (Å²) in [4.78, 5) is 11.7. The summed E-state index contributed by atoms with van der Waals surface area (Å²) in [6, 6.07) is 5.62. The van der Waals surface area contributed by atoms with Crippen LogP contribution in [0.1, 0.15) is 18.9 Å². The highest BCUT2D eigenvalue weighted by Gasteiger charge is 2.05. The van der Waals surface area contributed by atoms with E-state index in [-0.39, 0.29) is 11.9 Å². The molecule has 0 aliphatic heterocycles. The molecule has 1 amide bonds. The number of amides is 1. The molecule has 18 heavy (non-hydrogen) atoms. The maximum Gasteiger partial charge on any atom is 0.234 e. The number of nitrogens with two attached hydrogens (primary N) is 1. The molecule has 0 radical (unpaired) electrons. The van der Waals surface area contributed by atoms with Crippen LogP contribution in [0.4, 0.5) is 5.69 Å². The smallest absolute Gasteiger partial charge is 0.234 e. The maximum atomic E-state index is 11.7. The molecule has 1 rings (SSSR count). The van der Waals surface area contributed by atoms with E-state index in [9.17, 15) is 4.79 Å². The molecule has 0 saturated heterocycles. The van der Waals surface area contributed by atoms with Gasteiger partial charge in [-0.15, -0.1) is 0 Å². The number of carbonyl (C=O) groups excluding carboxylic acids is 1. The van der Waals surface area contributed by atoms with Crippen molar-refractivity contribution >= 4 is 35.0 Å². The summed E-state index contributed by atoms with van der Waals surface area (Å²) in [5.41, 5.74) is 7.43. The first-order valence-electron chi connectivity index (χ1n) is 5.88. The third kappa shape index (κ3) is 5.76. The Morgan fingerprint density at radius 3 is 2.89 bits per heavy atom. The van der Waals surface area contributed by atoms with Crippen molar-refractivity contribution < 1.29 is 4.79 Å². The SMILES string of the molecule is Cc1cc(Cl)ccc1NC(=O)CSCCC(C)N. The quantitative estimate of drug-likeness (QED) is 0.790. The first kappa shape index (κ1) is 15.3. The lowest BCUT2D eigenvalue weighted by atomic mass is 10.2. The second kappa shape index (κ2) is 7.67. The number of anilines is 1. The van der Waals surface area contributed by atoms with Crippen molar-refractivity contribution in [2.75, 3.05) is 16.8 Å². The van der Waals surface area contributed by atoms with E-state index in [1.807, 2.05) is 26.0 Å². The van der Waals surface area contributed by atoms with E-state index in [1.165, 1.54) is 0 Å². The zero-order valence-electron chi connectivity index (χ0n) is 10.7. The molecule has 0 aliphatic carbocycles. The van der Waals surface area contributed by atoms with Gasteiger partial charge in [-0.1, -0.05) is 11.6 Å². The molecule has 5 heteroatoms. The van der Waals surface area contributed by atoms with Gasteiger partial charge in [-0.2, -0.15) is 11.8 Å². The van der Waals surface area contributed by atoms with Crippen LogP contribution >= 0.6 is 23.4 Å². The van der Waals surface area contributed by atoms with Gasteiger partial charge in [0.25, 0.3) is 0 Å². The van der Waals surface area contributed by atoms with Gasteiger partial charge in [-0.05, 0) is 49.8 Å². The van der Waals surface area contributed by atoms with Gasteiger partial charge >= 0.3 is 0 Å². The molecule has 3 N–H and O–H groups in total. The lowest BCUT2D eigenvalue weighted by Gasteiger charge is -2.09. The third-order valence-corrected chi connectivity index (χ3v) is 3.64. The number of benzene rings is 1. The molecular weight excluding hydrogens is 268 g/mol. The van der Waals surface area contributed by atoms with Gasteiger partial charge in [0, 0.05) is 16.8 Å². The minimum atomic E-state index is 0.00935. The van der Waals surface area contributed by atoms with Crippen molar-refractivity contribution in [1.82, 2.24) is 0 Å². The standard InChI is InChI=1S/C13H19ClN2OS/c1-9-7-11(14)3-4-12(9)16-13(17)8-18-6-5-10(2)15/h3-4,7,10H,5-6,8,15H2,1-2H3,(H,16,17). The molecule has 0 bridgehead atoms. The Bertz CT molecular complexity index is 410. The van der Waals surface area contributed by atoms with Crippen molar-refractivity contribution in [3.8, 4) is 0 Å². The molecule has 1 unspecified atom stereocenters. The second-order valence-electron chi connectivity index (χ2n) is 4.33. The monoisotopic (exact) mass is 286 g/mol. The number of rotatable bonds is 6. The van der Waals surface area contributed by atoms with Crippen LogP contribution in [-0.2, 0) is 4.79 Å². The first-order chi connectivity index (χ1) is 8.49. The van der Waals surface area contributed by atoms with Gasteiger partial charge in [0.05, 0.1) is 5.75 Å². The Kier molecular flexibility index (Phi) is 6.54. The molecule has 1 aromatic rings. The van der Waals surface area contributed by atoms with Gasteiger partial charge in [0.15, 0.2) is 0 Å². The molecule has 0 spiro atoms. The Hall–Kier alpha value is -0.710. The van der Waals surface area contributed by atoms with E-state index in [0.717, 1.165) is 23.4 Å². The van der Waals surface area contributed by atoms with Gasteiger partial charge in [-0.3, -0.25) is 4.79 Å². The van der Waals surface area contributed by atoms with E-state index in [4.69, 9.17) is 17.3 Å². The van der Waals surface area contributed by atoms with Crippen molar-refractivity contribution in [3.63, 3.8) is 0 Å². The fourth-order valence-corrected chi connectivity index (χ4v) is 2.55. The molecule has 0 aliphatic rings. The lowest BCUT2D eigenvalue weighted by Crippen LogP contribution is -2.18. The molecule has 0 saturated carbocycles. The summed E-state index contributed by atoms with van der Waals surface area (Å²) >= 11 is 7.46. The second-order valence-corrected chi connectivity index (χ2v) is 5.87. The average Bonchev–Trinajstić information content (AvgIpc) is 2.28. The Balaban J connectivity index is 2.35. The van der Waals surface area contributed by atoms with E-state index in [0.29, 0.717) is 10.8 Å². The van der Waals surface area contributed by atoms with E-state index < -0.39 is 0 Å². The highest BCUT2D eigenvalue weighted by molar-refractivity contribution is 7.99. The molecule has 0 aromatic heterocycles. The van der Waals surface area contributed by atoms with Crippen LogP contribution in [-0.4, -0.2) is 23.5 Å². The number of hydrogen-bond donors (Lipinski definition) is 2. The number of halogens is 1. The average molecular weight is 287 g/mol. The zero-order valence-corrected chi connectivity index (χ0v) is 12.3.